The first kappa shape index (κ1) is 20.7. The molecule has 0 aliphatic heterocycles. The van der Waals surface area contributed by atoms with Gasteiger partial charge in [-0.3, -0.25) is 9.78 Å². The zero-order chi connectivity index (χ0) is 23.1. The zero-order valence-corrected chi connectivity index (χ0v) is 19.2. The summed E-state index contributed by atoms with van der Waals surface area (Å²) in [4.78, 5) is 29.1. The molecule has 34 heavy (non-hydrogen) atoms. The quantitative estimate of drug-likeness (QED) is 0.444. The summed E-state index contributed by atoms with van der Waals surface area (Å²) in [5.41, 5.74) is 7.16. The van der Waals surface area contributed by atoms with Crippen molar-refractivity contribution in [2.24, 2.45) is 0 Å². The molecule has 0 atom stereocenters. The van der Waals surface area contributed by atoms with E-state index in [1.165, 1.54) is 5.56 Å². The van der Waals surface area contributed by atoms with E-state index in [0.29, 0.717) is 30.4 Å². The maximum Gasteiger partial charge on any atom is 0.257 e. The number of carbonyl (C=O) groups excluding carboxylic acids is 1. The average Bonchev–Trinajstić information content (AvgIpc) is 3.64. The van der Waals surface area contributed by atoms with Gasteiger partial charge in [-0.2, -0.15) is 5.10 Å². The molecule has 0 saturated heterocycles. The molecule has 2 aliphatic rings. The van der Waals surface area contributed by atoms with Crippen LogP contribution in [-0.4, -0.2) is 49.1 Å². The number of benzene rings is 1. The van der Waals surface area contributed by atoms with Crippen LogP contribution in [0.25, 0.3) is 17.2 Å². The van der Waals surface area contributed by atoms with Gasteiger partial charge in [0.15, 0.2) is 0 Å². The molecule has 1 aromatic carbocycles. The van der Waals surface area contributed by atoms with E-state index in [1.54, 1.807) is 22.0 Å². The highest BCUT2D eigenvalue weighted by Gasteiger charge is 2.34. The van der Waals surface area contributed by atoms with Crippen LogP contribution in [0, 0.1) is 0 Å². The second-order valence-electron chi connectivity index (χ2n) is 9.13. The van der Waals surface area contributed by atoms with Gasteiger partial charge in [0, 0.05) is 49.6 Å². The van der Waals surface area contributed by atoms with Crippen molar-refractivity contribution in [2.45, 2.75) is 38.0 Å². The van der Waals surface area contributed by atoms with Crippen molar-refractivity contribution in [3.63, 3.8) is 0 Å². The number of rotatable bonds is 6. The summed E-state index contributed by atoms with van der Waals surface area (Å²) in [5.74, 6) is 0.831. The highest BCUT2D eigenvalue weighted by molar-refractivity contribution is 5.95. The summed E-state index contributed by atoms with van der Waals surface area (Å²) in [5, 5.41) is 4.61. The van der Waals surface area contributed by atoms with Crippen molar-refractivity contribution < 1.29 is 4.79 Å². The Labute approximate surface area is 198 Å². The van der Waals surface area contributed by atoms with Gasteiger partial charge in [0.25, 0.3) is 11.9 Å². The molecule has 170 valence electrons. The fraction of sp³-hybridized carbons (Fsp3) is 0.296. The van der Waals surface area contributed by atoms with Gasteiger partial charge in [-0.25, -0.2) is 14.6 Å². The molecule has 1 saturated carbocycles. The minimum atomic E-state index is -0.0209. The average molecular weight is 451 g/mol. The lowest BCUT2D eigenvalue weighted by atomic mass is 9.90. The van der Waals surface area contributed by atoms with E-state index in [-0.39, 0.29) is 5.91 Å². The third-order valence-electron chi connectivity index (χ3n) is 6.75. The molecule has 1 amide bonds. The largest absolute Gasteiger partial charge is 0.341 e. The number of aryl methyl sites for hydroxylation is 2. The van der Waals surface area contributed by atoms with Crippen LogP contribution in [0.2, 0.25) is 0 Å². The molecule has 3 aromatic heterocycles. The van der Waals surface area contributed by atoms with Crippen molar-refractivity contribution in [1.82, 2.24) is 29.6 Å². The van der Waals surface area contributed by atoms with Crippen molar-refractivity contribution in [3.8, 4) is 17.2 Å². The van der Waals surface area contributed by atoms with Gasteiger partial charge >= 0.3 is 0 Å². The van der Waals surface area contributed by atoms with Gasteiger partial charge in [-0.05, 0) is 48.9 Å². The summed E-state index contributed by atoms with van der Waals surface area (Å²) in [6.45, 7) is 0.595. The Bertz CT molecular complexity index is 1360. The van der Waals surface area contributed by atoms with E-state index < -0.39 is 0 Å². The fourth-order valence-electron chi connectivity index (χ4n) is 4.72. The minimum Gasteiger partial charge on any atom is -0.341 e. The predicted octanol–water partition coefficient (Wildman–Crippen LogP) is 4.02. The number of nitrogens with zero attached hydrogens (tertiary/aromatic N) is 6. The molecule has 0 unspecified atom stereocenters. The Morgan fingerprint density at radius 3 is 2.68 bits per heavy atom. The SMILES string of the molecule is CN(CCc1ccccn1)C(=O)c1cnn(-c2ncc3c(n2)-c2ccccc2CC3)c1C1CC1. The smallest absolute Gasteiger partial charge is 0.257 e. The number of likely N-dealkylation sites (N-methyl/N-ethyl adjacent to an activating group) is 1. The van der Waals surface area contributed by atoms with Crippen molar-refractivity contribution >= 4 is 5.91 Å². The molecule has 7 heteroatoms. The van der Waals surface area contributed by atoms with E-state index >= 15 is 0 Å². The maximum absolute atomic E-state index is 13.4. The lowest BCUT2D eigenvalue weighted by Crippen LogP contribution is -2.29. The molecule has 4 aromatic rings. The Balaban J connectivity index is 1.31. The molecular weight excluding hydrogens is 424 g/mol. The lowest BCUT2D eigenvalue weighted by molar-refractivity contribution is 0.0795. The van der Waals surface area contributed by atoms with E-state index in [9.17, 15) is 4.79 Å². The van der Waals surface area contributed by atoms with Crippen LogP contribution in [0.4, 0.5) is 0 Å². The van der Waals surface area contributed by atoms with Crippen LogP contribution < -0.4 is 0 Å². The summed E-state index contributed by atoms with van der Waals surface area (Å²) in [7, 11) is 1.84. The second-order valence-corrected chi connectivity index (χ2v) is 9.13. The van der Waals surface area contributed by atoms with Gasteiger partial charge in [0.05, 0.1) is 23.1 Å². The lowest BCUT2D eigenvalue weighted by Gasteiger charge is -2.19. The first-order valence-corrected chi connectivity index (χ1v) is 11.9. The van der Waals surface area contributed by atoms with Crippen LogP contribution in [0.5, 0.6) is 0 Å². The van der Waals surface area contributed by atoms with Gasteiger partial charge in [-0.15, -0.1) is 0 Å². The number of hydrogen-bond acceptors (Lipinski definition) is 5. The van der Waals surface area contributed by atoms with Crippen molar-refractivity contribution in [1.29, 1.82) is 0 Å². The molecule has 2 aliphatic carbocycles. The number of hydrogen-bond donors (Lipinski definition) is 0. The number of fused-ring (bicyclic) bond motifs is 3. The fourth-order valence-corrected chi connectivity index (χ4v) is 4.72. The van der Waals surface area contributed by atoms with Gasteiger partial charge in [0.1, 0.15) is 0 Å². The third kappa shape index (κ3) is 3.77. The third-order valence-corrected chi connectivity index (χ3v) is 6.75. The Morgan fingerprint density at radius 2 is 1.85 bits per heavy atom. The second kappa shape index (κ2) is 8.48. The van der Waals surface area contributed by atoms with E-state index in [1.807, 2.05) is 31.4 Å². The highest BCUT2D eigenvalue weighted by Crippen LogP contribution is 2.42. The van der Waals surface area contributed by atoms with E-state index in [2.05, 4.69) is 39.3 Å². The topological polar surface area (TPSA) is 76.8 Å². The Hall–Kier alpha value is -3.87. The molecule has 0 radical (unpaired) electrons. The number of pyridine rings is 1. The molecule has 3 heterocycles. The number of amides is 1. The van der Waals surface area contributed by atoms with Crippen LogP contribution in [0.15, 0.2) is 61.1 Å². The normalized spacial score (nSPS) is 14.4. The van der Waals surface area contributed by atoms with Gasteiger partial charge in [0.2, 0.25) is 0 Å². The molecule has 0 spiro atoms. The summed E-state index contributed by atoms with van der Waals surface area (Å²) >= 11 is 0. The van der Waals surface area contributed by atoms with Gasteiger partial charge < -0.3 is 4.90 Å². The zero-order valence-electron chi connectivity index (χ0n) is 19.2. The van der Waals surface area contributed by atoms with E-state index in [4.69, 9.17) is 4.98 Å². The predicted molar refractivity (Wildman–Crippen MR) is 129 cm³/mol. The molecule has 0 bridgehead atoms. The molecule has 0 N–H and O–H groups in total. The van der Waals surface area contributed by atoms with Crippen LogP contribution >= 0.6 is 0 Å². The van der Waals surface area contributed by atoms with Gasteiger partial charge in [-0.1, -0.05) is 30.3 Å². The number of carbonyl (C=O) groups is 1. The highest BCUT2D eigenvalue weighted by atomic mass is 16.2. The molecule has 1 fully saturated rings. The summed E-state index contributed by atoms with van der Waals surface area (Å²) in [6, 6.07) is 14.3. The van der Waals surface area contributed by atoms with Crippen LogP contribution in [-0.2, 0) is 19.3 Å². The van der Waals surface area contributed by atoms with Crippen LogP contribution in [0.3, 0.4) is 0 Å². The standard InChI is InChI=1S/C27H26N6O/c1-32(15-13-21-7-4-5-14-28-21)26(34)23-17-30-33(25(23)19-10-11-19)27-29-16-20-12-9-18-6-2-3-8-22(18)24(20)31-27/h2-8,14,16-17,19H,9-13,15H2,1H3. The molecular formula is C27H26N6O. The monoisotopic (exact) mass is 450 g/mol. The Morgan fingerprint density at radius 1 is 1.03 bits per heavy atom. The molecule has 6 rings (SSSR count). The summed E-state index contributed by atoms with van der Waals surface area (Å²) < 4.78 is 1.79. The first-order valence-electron chi connectivity index (χ1n) is 11.9. The van der Waals surface area contributed by atoms with Crippen molar-refractivity contribution in [3.05, 3.63) is 89.1 Å². The first-order chi connectivity index (χ1) is 16.7. The maximum atomic E-state index is 13.4. The summed E-state index contributed by atoms with van der Waals surface area (Å²) in [6.07, 6.45) is 10.1. The minimum absolute atomic E-state index is 0.0209. The Kier molecular flexibility index (Phi) is 5.17. The molecule has 7 nitrogen and oxygen atoms in total. The number of aromatic nitrogens is 5. The van der Waals surface area contributed by atoms with E-state index in [0.717, 1.165) is 53.9 Å². The van der Waals surface area contributed by atoms with Crippen molar-refractivity contribution in [2.75, 3.05) is 13.6 Å². The van der Waals surface area contributed by atoms with Crippen LogP contribution in [0.1, 0.15) is 51.6 Å².